The minimum absolute atomic E-state index is 0.158. The van der Waals surface area contributed by atoms with Crippen LogP contribution in [0.3, 0.4) is 0 Å². The smallest absolute Gasteiger partial charge is 0.243 e. The van der Waals surface area contributed by atoms with Crippen molar-refractivity contribution >= 4 is 44.6 Å². The Morgan fingerprint density at radius 1 is 1.20 bits per heavy atom. The van der Waals surface area contributed by atoms with Gasteiger partial charge in [-0.1, -0.05) is 24.1 Å². The van der Waals surface area contributed by atoms with Crippen molar-refractivity contribution in [1.82, 2.24) is 4.31 Å². The zero-order chi connectivity index (χ0) is 17.9. The molecular weight excluding hydrogens is 380 g/mol. The van der Waals surface area contributed by atoms with E-state index in [9.17, 15) is 13.2 Å². The molecule has 1 amide bonds. The quantitative estimate of drug-likeness (QED) is 0.833. The van der Waals surface area contributed by atoms with Crippen LogP contribution >= 0.6 is 22.9 Å². The summed E-state index contributed by atoms with van der Waals surface area (Å²) < 4.78 is 27.0. The molecule has 0 unspecified atom stereocenters. The number of anilines is 1. The number of rotatable bonds is 5. The van der Waals surface area contributed by atoms with Gasteiger partial charge in [-0.05, 0) is 42.5 Å². The van der Waals surface area contributed by atoms with Crippen LogP contribution in [0.1, 0.15) is 24.1 Å². The fourth-order valence-electron chi connectivity index (χ4n) is 2.78. The standard InChI is InChI=1S/C17H19ClN2O3S2/c18-15-7-6-14(25(22,23)20-8-2-1-3-9-20)12-16(15)19-17(21)11-13-5-4-10-24-13/h4-7,10,12H,1-3,8-9,11H2,(H,19,21). The van der Waals surface area contributed by atoms with Crippen molar-refractivity contribution in [1.29, 1.82) is 0 Å². The highest BCUT2D eigenvalue weighted by atomic mass is 35.5. The first-order chi connectivity index (χ1) is 12.0. The van der Waals surface area contributed by atoms with Gasteiger partial charge in [0.2, 0.25) is 15.9 Å². The molecular formula is C17H19ClN2O3S2. The van der Waals surface area contributed by atoms with Crippen LogP contribution in [0.25, 0.3) is 0 Å². The van der Waals surface area contributed by atoms with Gasteiger partial charge in [0.25, 0.3) is 0 Å². The van der Waals surface area contributed by atoms with Crippen molar-refractivity contribution in [2.24, 2.45) is 0 Å². The summed E-state index contributed by atoms with van der Waals surface area (Å²) in [5.74, 6) is -0.225. The van der Waals surface area contributed by atoms with Gasteiger partial charge in [-0.25, -0.2) is 8.42 Å². The normalized spacial score (nSPS) is 15.9. The number of sulfonamides is 1. The number of nitrogens with one attached hydrogen (secondary N) is 1. The lowest BCUT2D eigenvalue weighted by molar-refractivity contribution is -0.115. The maximum absolute atomic E-state index is 12.8. The largest absolute Gasteiger partial charge is 0.324 e. The molecule has 25 heavy (non-hydrogen) atoms. The van der Waals surface area contributed by atoms with E-state index in [1.807, 2.05) is 17.5 Å². The van der Waals surface area contributed by atoms with Crippen LogP contribution in [0, 0.1) is 0 Å². The topological polar surface area (TPSA) is 66.5 Å². The van der Waals surface area contributed by atoms with E-state index in [1.54, 1.807) is 0 Å². The first-order valence-electron chi connectivity index (χ1n) is 8.09. The number of carbonyl (C=O) groups is 1. The van der Waals surface area contributed by atoms with E-state index in [2.05, 4.69) is 5.32 Å². The third-order valence-corrected chi connectivity index (χ3v) is 7.18. The van der Waals surface area contributed by atoms with Crippen molar-refractivity contribution in [2.75, 3.05) is 18.4 Å². The molecule has 0 radical (unpaired) electrons. The number of hydrogen-bond donors (Lipinski definition) is 1. The molecule has 0 atom stereocenters. The van der Waals surface area contributed by atoms with Gasteiger partial charge in [0, 0.05) is 18.0 Å². The number of halogens is 1. The average Bonchev–Trinajstić information content (AvgIpc) is 3.10. The van der Waals surface area contributed by atoms with Crippen LogP contribution in [0.4, 0.5) is 5.69 Å². The number of carbonyl (C=O) groups excluding carboxylic acids is 1. The van der Waals surface area contributed by atoms with E-state index < -0.39 is 10.0 Å². The molecule has 0 saturated carbocycles. The molecule has 0 spiro atoms. The van der Waals surface area contributed by atoms with Gasteiger partial charge in [0.05, 0.1) is 22.0 Å². The Balaban J connectivity index is 1.79. The van der Waals surface area contributed by atoms with Gasteiger partial charge in [-0.3, -0.25) is 4.79 Å². The predicted molar refractivity (Wildman–Crippen MR) is 101 cm³/mol. The maximum Gasteiger partial charge on any atom is 0.243 e. The highest BCUT2D eigenvalue weighted by molar-refractivity contribution is 7.89. The molecule has 1 aliphatic heterocycles. The van der Waals surface area contributed by atoms with Gasteiger partial charge in [0.15, 0.2) is 0 Å². The molecule has 1 aromatic carbocycles. The Morgan fingerprint density at radius 2 is 1.96 bits per heavy atom. The molecule has 1 fully saturated rings. The van der Waals surface area contributed by atoms with E-state index in [4.69, 9.17) is 11.6 Å². The third-order valence-electron chi connectivity index (χ3n) is 4.08. The van der Waals surface area contributed by atoms with Crippen LogP contribution in [0.5, 0.6) is 0 Å². The average molecular weight is 399 g/mol. The van der Waals surface area contributed by atoms with Crippen LogP contribution in [0.15, 0.2) is 40.6 Å². The lowest BCUT2D eigenvalue weighted by Crippen LogP contribution is -2.35. The molecule has 8 heteroatoms. The van der Waals surface area contributed by atoms with Crippen LogP contribution in [-0.2, 0) is 21.2 Å². The van der Waals surface area contributed by atoms with E-state index >= 15 is 0 Å². The molecule has 1 aliphatic rings. The van der Waals surface area contributed by atoms with Crippen molar-refractivity contribution < 1.29 is 13.2 Å². The molecule has 0 bridgehead atoms. The van der Waals surface area contributed by atoms with Gasteiger partial charge in [-0.2, -0.15) is 4.31 Å². The first-order valence-corrected chi connectivity index (χ1v) is 10.8. The molecule has 2 aromatic rings. The van der Waals surface area contributed by atoms with Gasteiger partial charge in [0.1, 0.15) is 0 Å². The Hall–Kier alpha value is -1.41. The summed E-state index contributed by atoms with van der Waals surface area (Å²) in [6, 6.07) is 8.20. The van der Waals surface area contributed by atoms with Crippen molar-refractivity contribution in [2.45, 2.75) is 30.6 Å². The fourth-order valence-corrected chi connectivity index (χ4v) is 5.19. The lowest BCUT2D eigenvalue weighted by atomic mass is 10.2. The SMILES string of the molecule is O=C(Cc1cccs1)Nc1cc(S(=O)(=O)N2CCCCC2)ccc1Cl. The van der Waals surface area contributed by atoms with Crippen LogP contribution in [0.2, 0.25) is 5.02 Å². The molecule has 134 valence electrons. The second kappa shape index (κ2) is 7.86. The maximum atomic E-state index is 12.8. The number of hydrogen-bond acceptors (Lipinski definition) is 4. The van der Waals surface area contributed by atoms with Crippen molar-refractivity contribution in [3.05, 3.63) is 45.6 Å². The van der Waals surface area contributed by atoms with E-state index in [1.165, 1.54) is 33.8 Å². The Morgan fingerprint density at radius 3 is 2.64 bits per heavy atom. The number of piperidine rings is 1. The summed E-state index contributed by atoms with van der Waals surface area (Å²) in [6.07, 6.45) is 3.03. The Bertz CT molecular complexity index is 845. The van der Waals surface area contributed by atoms with E-state index in [-0.39, 0.29) is 17.2 Å². The van der Waals surface area contributed by atoms with Crippen molar-refractivity contribution in [3.63, 3.8) is 0 Å². The summed E-state index contributed by atoms with van der Waals surface area (Å²) in [7, 11) is -3.56. The fraction of sp³-hybridized carbons (Fsp3) is 0.353. The summed E-state index contributed by atoms with van der Waals surface area (Å²) >= 11 is 7.63. The number of benzene rings is 1. The molecule has 5 nitrogen and oxygen atoms in total. The molecule has 1 saturated heterocycles. The van der Waals surface area contributed by atoms with Crippen molar-refractivity contribution in [3.8, 4) is 0 Å². The predicted octanol–water partition coefficient (Wildman–Crippen LogP) is 3.76. The zero-order valence-electron chi connectivity index (χ0n) is 13.6. The molecule has 0 aliphatic carbocycles. The summed E-state index contributed by atoms with van der Waals surface area (Å²) in [5, 5.41) is 4.94. The summed E-state index contributed by atoms with van der Waals surface area (Å²) in [6.45, 7) is 1.07. The monoisotopic (exact) mass is 398 g/mol. The van der Waals surface area contributed by atoms with Crippen LogP contribution in [-0.4, -0.2) is 31.7 Å². The molecule has 2 heterocycles. The Kier molecular flexibility index (Phi) is 5.78. The molecule has 1 N–H and O–H groups in total. The molecule has 1 aromatic heterocycles. The second-order valence-corrected chi connectivity index (χ2v) is 9.29. The van der Waals surface area contributed by atoms with E-state index in [0.29, 0.717) is 23.8 Å². The zero-order valence-corrected chi connectivity index (χ0v) is 16.0. The van der Waals surface area contributed by atoms with Crippen LogP contribution < -0.4 is 5.32 Å². The third kappa shape index (κ3) is 4.41. The minimum atomic E-state index is -3.56. The van der Waals surface area contributed by atoms with Gasteiger partial charge >= 0.3 is 0 Å². The molecule has 3 rings (SSSR count). The first kappa shape index (κ1) is 18.4. The lowest BCUT2D eigenvalue weighted by Gasteiger charge is -2.26. The van der Waals surface area contributed by atoms with Gasteiger partial charge in [-0.15, -0.1) is 11.3 Å². The second-order valence-electron chi connectivity index (χ2n) is 5.91. The minimum Gasteiger partial charge on any atom is -0.324 e. The number of thiophene rings is 1. The summed E-state index contributed by atoms with van der Waals surface area (Å²) in [5.41, 5.74) is 0.321. The van der Waals surface area contributed by atoms with E-state index in [0.717, 1.165) is 24.1 Å². The number of nitrogens with zero attached hydrogens (tertiary/aromatic N) is 1. The Labute approximate surface area is 156 Å². The highest BCUT2D eigenvalue weighted by Crippen LogP contribution is 2.28. The van der Waals surface area contributed by atoms with Gasteiger partial charge < -0.3 is 5.32 Å². The highest BCUT2D eigenvalue weighted by Gasteiger charge is 2.26. The number of amides is 1. The summed E-state index contributed by atoms with van der Waals surface area (Å²) in [4.78, 5) is 13.3.